The lowest BCUT2D eigenvalue weighted by atomic mass is 9.86. The normalized spacial score (nSPS) is 16.7. The molecule has 1 saturated heterocycles. The molecule has 3 heterocycles. The third-order valence-electron chi connectivity index (χ3n) is 6.87. The topological polar surface area (TPSA) is 64.5 Å². The van der Waals surface area contributed by atoms with Gasteiger partial charge in [-0.3, -0.25) is 4.79 Å². The predicted molar refractivity (Wildman–Crippen MR) is 126 cm³/mol. The Morgan fingerprint density at radius 3 is 2.67 bits per heavy atom. The molecule has 1 fully saturated rings. The quantitative estimate of drug-likeness (QED) is 0.553. The number of nitrogens with zero attached hydrogens (tertiary/aromatic N) is 3. The van der Waals surface area contributed by atoms with Crippen molar-refractivity contribution in [1.29, 1.82) is 0 Å². The number of benzene rings is 1. The van der Waals surface area contributed by atoms with E-state index >= 15 is 4.39 Å². The lowest BCUT2D eigenvalue weighted by Crippen LogP contribution is -2.32. The zero-order chi connectivity index (χ0) is 23.5. The van der Waals surface area contributed by atoms with Crippen LogP contribution < -0.4 is 9.64 Å². The second-order valence-electron chi connectivity index (χ2n) is 9.07. The van der Waals surface area contributed by atoms with E-state index in [1.807, 2.05) is 20.8 Å². The van der Waals surface area contributed by atoms with E-state index in [0.717, 1.165) is 67.6 Å². The number of esters is 1. The Balaban J connectivity index is 1.95. The number of aryl methyl sites for hydroxylation is 1. The molecule has 1 aromatic heterocycles. The number of hydrogen-bond acceptors (Lipinski definition) is 6. The smallest absolute Gasteiger partial charge is 0.313 e. The summed E-state index contributed by atoms with van der Waals surface area (Å²) in [5, 5.41) is 0. The summed E-state index contributed by atoms with van der Waals surface area (Å²) in [5.74, 6) is -0.184. The minimum absolute atomic E-state index is 0.310. The van der Waals surface area contributed by atoms with Gasteiger partial charge in [0.05, 0.1) is 25.3 Å². The van der Waals surface area contributed by atoms with Crippen molar-refractivity contribution in [1.82, 2.24) is 9.97 Å². The number of halogens is 1. The molecule has 4 rings (SSSR count). The molecule has 0 aliphatic carbocycles. The van der Waals surface area contributed by atoms with Crippen LogP contribution in [0.15, 0.2) is 6.07 Å². The fourth-order valence-electron chi connectivity index (χ4n) is 5.14. The van der Waals surface area contributed by atoms with E-state index < -0.39 is 5.92 Å². The van der Waals surface area contributed by atoms with Gasteiger partial charge in [-0.25, -0.2) is 14.4 Å². The van der Waals surface area contributed by atoms with Crippen LogP contribution in [0.2, 0.25) is 0 Å². The Morgan fingerprint density at radius 2 is 1.97 bits per heavy atom. The second-order valence-corrected chi connectivity index (χ2v) is 9.07. The number of hydrogen-bond donors (Lipinski definition) is 0. The third kappa shape index (κ3) is 4.55. The molecule has 6 nitrogen and oxygen atoms in total. The molecular formula is C26H34FN3O3. The summed E-state index contributed by atoms with van der Waals surface area (Å²) in [7, 11) is 1.41. The number of carbonyl (C=O) groups is 1. The predicted octanol–water partition coefficient (Wildman–Crippen LogP) is 5.27. The Kier molecular flexibility index (Phi) is 7.15. The van der Waals surface area contributed by atoms with Gasteiger partial charge in [0.25, 0.3) is 0 Å². The molecule has 0 amide bonds. The summed E-state index contributed by atoms with van der Waals surface area (Å²) < 4.78 is 26.0. The first-order valence-corrected chi connectivity index (χ1v) is 12.1. The van der Waals surface area contributed by atoms with E-state index in [2.05, 4.69) is 4.90 Å². The molecule has 0 bridgehead atoms. The van der Waals surface area contributed by atoms with Crippen LogP contribution in [0.25, 0.3) is 11.3 Å². The van der Waals surface area contributed by atoms with Crippen molar-refractivity contribution in [2.45, 2.75) is 71.6 Å². The van der Waals surface area contributed by atoms with E-state index in [-0.39, 0.29) is 11.8 Å². The van der Waals surface area contributed by atoms with Gasteiger partial charge in [-0.15, -0.1) is 0 Å². The lowest BCUT2D eigenvalue weighted by Gasteiger charge is -2.29. The molecule has 0 spiro atoms. The van der Waals surface area contributed by atoms with Crippen LogP contribution >= 0.6 is 0 Å². The number of methoxy groups -OCH3 is 1. The molecule has 1 aromatic carbocycles. The van der Waals surface area contributed by atoms with Crippen molar-refractivity contribution < 1.29 is 18.7 Å². The molecule has 178 valence electrons. The highest BCUT2D eigenvalue weighted by atomic mass is 19.1. The van der Waals surface area contributed by atoms with Gasteiger partial charge in [0, 0.05) is 35.5 Å². The molecule has 2 aliphatic rings. The van der Waals surface area contributed by atoms with Gasteiger partial charge in [-0.2, -0.15) is 0 Å². The van der Waals surface area contributed by atoms with Crippen molar-refractivity contribution in [2.75, 3.05) is 31.7 Å². The first-order valence-electron chi connectivity index (χ1n) is 12.1. The third-order valence-corrected chi connectivity index (χ3v) is 6.87. The van der Waals surface area contributed by atoms with Gasteiger partial charge in [-0.05, 0) is 64.0 Å². The number of aromatic nitrogens is 2. The number of piperidine rings is 1. The van der Waals surface area contributed by atoms with Crippen LogP contribution in [0.3, 0.4) is 0 Å². The number of anilines is 1. The van der Waals surface area contributed by atoms with Gasteiger partial charge in [-0.1, -0.05) is 13.3 Å². The summed E-state index contributed by atoms with van der Waals surface area (Å²) in [6.45, 7) is 8.29. The Hall–Kier alpha value is -2.70. The molecule has 1 unspecified atom stereocenters. The summed E-state index contributed by atoms with van der Waals surface area (Å²) in [6.07, 6.45) is 6.44. The largest absolute Gasteiger partial charge is 0.490 e. The van der Waals surface area contributed by atoms with Crippen molar-refractivity contribution >= 4 is 11.9 Å². The molecule has 7 heteroatoms. The number of fused-ring (bicyclic) bond motifs is 1. The highest BCUT2D eigenvalue weighted by Crippen LogP contribution is 2.41. The summed E-state index contributed by atoms with van der Waals surface area (Å²) in [6, 6.07) is 1.52. The average Bonchev–Trinajstić information content (AvgIpc) is 2.85. The highest BCUT2D eigenvalue weighted by molar-refractivity contribution is 5.83. The fourth-order valence-corrected chi connectivity index (χ4v) is 5.14. The van der Waals surface area contributed by atoms with Gasteiger partial charge in [0.2, 0.25) is 5.95 Å². The zero-order valence-corrected chi connectivity index (χ0v) is 20.2. The first-order chi connectivity index (χ1) is 16.0. The van der Waals surface area contributed by atoms with E-state index in [4.69, 9.17) is 19.4 Å². The molecule has 2 aliphatic heterocycles. The molecule has 0 saturated carbocycles. The summed E-state index contributed by atoms with van der Waals surface area (Å²) in [5.41, 5.74) is 4.68. The van der Waals surface area contributed by atoms with Gasteiger partial charge in [0.15, 0.2) is 11.6 Å². The molecule has 1 atom stereocenters. The Morgan fingerprint density at radius 1 is 1.21 bits per heavy atom. The van der Waals surface area contributed by atoms with Crippen LogP contribution in [-0.4, -0.2) is 42.7 Å². The number of ether oxygens (including phenoxy) is 2. The van der Waals surface area contributed by atoms with Gasteiger partial charge in [0.1, 0.15) is 0 Å². The summed E-state index contributed by atoms with van der Waals surface area (Å²) in [4.78, 5) is 24.9. The van der Waals surface area contributed by atoms with Gasteiger partial charge < -0.3 is 14.4 Å². The Labute approximate surface area is 195 Å². The Bertz CT molecular complexity index is 1030. The zero-order valence-electron chi connectivity index (χ0n) is 20.2. The average molecular weight is 456 g/mol. The van der Waals surface area contributed by atoms with E-state index in [9.17, 15) is 4.79 Å². The number of carbonyl (C=O) groups excluding carboxylic acids is 1. The SMILES string of the molecule is CCCC(C(=O)OC)c1c(C)nc(N2CCCCC2)nc1-c1cc(F)c2c(c1C)CCCO2. The lowest BCUT2D eigenvalue weighted by molar-refractivity contribution is -0.142. The maximum Gasteiger partial charge on any atom is 0.313 e. The second kappa shape index (κ2) is 10.1. The minimum atomic E-state index is -0.500. The van der Waals surface area contributed by atoms with Crippen LogP contribution in [0.1, 0.15) is 73.8 Å². The van der Waals surface area contributed by atoms with Crippen molar-refractivity contribution in [3.05, 3.63) is 34.3 Å². The van der Waals surface area contributed by atoms with Crippen molar-refractivity contribution in [2.24, 2.45) is 0 Å². The van der Waals surface area contributed by atoms with Crippen LogP contribution in [-0.2, 0) is 16.0 Å². The first kappa shape index (κ1) is 23.5. The summed E-state index contributed by atoms with van der Waals surface area (Å²) >= 11 is 0. The monoisotopic (exact) mass is 455 g/mol. The van der Waals surface area contributed by atoms with Crippen LogP contribution in [0.5, 0.6) is 5.75 Å². The van der Waals surface area contributed by atoms with E-state index in [1.165, 1.54) is 19.6 Å². The maximum absolute atomic E-state index is 15.2. The van der Waals surface area contributed by atoms with E-state index in [0.29, 0.717) is 36.0 Å². The molecule has 0 radical (unpaired) electrons. The van der Waals surface area contributed by atoms with E-state index in [1.54, 1.807) is 0 Å². The molecule has 2 aromatic rings. The maximum atomic E-state index is 15.2. The number of rotatable bonds is 6. The molecular weight excluding hydrogens is 421 g/mol. The minimum Gasteiger partial charge on any atom is -0.490 e. The highest BCUT2D eigenvalue weighted by Gasteiger charge is 2.31. The van der Waals surface area contributed by atoms with Crippen molar-refractivity contribution in [3.8, 4) is 17.0 Å². The van der Waals surface area contributed by atoms with Crippen LogP contribution in [0, 0.1) is 19.7 Å². The van der Waals surface area contributed by atoms with Crippen LogP contribution in [0.4, 0.5) is 10.3 Å². The molecule has 0 N–H and O–H groups in total. The van der Waals surface area contributed by atoms with Gasteiger partial charge >= 0.3 is 5.97 Å². The standard InChI is InChI=1S/C26H34FN3O3/c1-5-10-19(25(31)32-4)22-17(3)28-26(30-12-7-6-8-13-30)29-23(22)20-15-21(27)24-18(16(20)2)11-9-14-33-24/h15,19H,5-14H2,1-4H3. The fraction of sp³-hybridized carbons (Fsp3) is 0.577. The van der Waals surface area contributed by atoms with Crippen molar-refractivity contribution in [3.63, 3.8) is 0 Å². The molecule has 33 heavy (non-hydrogen) atoms.